The Hall–Kier alpha value is -3.66. The molecule has 0 aliphatic carbocycles. The number of pyridine rings is 1. The second-order valence-electron chi connectivity index (χ2n) is 5.48. The molecule has 7 nitrogen and oxygen atoms in total. The molecule has 0 bridgehead atoms. The van der Waals surface area contributed by atoms with E-state index in [-0.39, 0.29) is 16.6 Å². The molecule has 0 amide bonds. The molecule has 7 heteroatoms. The molecule has 0 fully saturated rings. The third-order valence-electron chi connectivity index (χ3n) is 4.25. The fourth-order valence-corrected chi connectivity index (χ4v) is 3.19. The van der Waals surface area contributed by atoms with Crippen molar-refractivity contribution in [2.24, 2.45) is 7.05 Å². The van der Waals surface area contributed by atoms with Crippen LogP contribution in [0.5, 0.6) is 0 Å². The first-order chi connectivity index (χ1) is 11.5. The topological polar surface area (TPSA) is 93.3 Å². The Balaban J connectivity index is 2.39. The largest absolute Gasteiger partial charge is 0.328 e. The summed E-state index contributed by atoms with van der Waals surface area (Å²) in [5.74, 6) is 0. The minimum Gasteiger partial charge on any atom is -0.328 e. The van der Waals surface area contributed by atoms with Gasteiger partial charge in [-0.25, -0.2) is 0 Å². The van der Waals surface area contributed by atoms with Gasteiger partial charge in [-0.3, -0.25) is 19.3 Å². The van der Waals surface area contributed by atoms with Crippen molar-refractivity contribution in [1.82, 2.24) is 8.97 Å². The van der Waals surface area contributed by atoms with E-state index in [1.54, 1.807) is 22.1 Å². The third-order valence-corrected chi connectivity index (χ3v) is 4.25. The molecule has 0 saturated heterocycles. The highest BCUT2D eigenvalue weighted by Gasteiger charge is 2.20. The number of hydrogen-bond acceptors (Lipinski definition) is 4. The van der Waals surface area contributed by atoms with Crippen molar-refractivity contribution in [2.45, 2.75) is 0 Å². The summed E-state index contributed by atoms with van der Waals surface area (Å²) in [4.78, 5) is 23.2. The van der Waals surface area contributed by atoms with Gasteiger partial charge < -0.3 is 4.57 Å². The Labute approximate surface area is 134 Å². The van der Waals surface area contributed by atoms with Crippen molar-refractivity contribution in [3.8, 4) is 6.07 Å². The minimum absolute atomic E-state index is 0.0262. The van der Waals surface area contributed by atoms with Crippen LogP contribution in [0, 0.1) is 21.4 Å². The minimum atomic E-state index is -0.553. The molecule has 4 aromatic rings. The van der Waals surface area contributed by atoms with Crippen molar-refractivity contribution in [1.29, 1.82) is 5.26 Å². The van der Waals surface area contributed by atoms with Gasteiger partial charge in [0.05, 0.1) is 26.9 Å². The van der Waals surface area contributed by atoms with Gasteiger partial charge in [-0.05, 0) is 18.2 Å². The fraction of sp³-hybridized carbons (Fsp3) is 0.0588. The molecule has 2 aromatic carbocycles. The molecule has 2 aromatic heterocycles. The van der Waals surface area contributed by atoms with Gasteiger partial charge in [-0.15, -0.1) is 0 Å². The highest BCUT2D eigenvalue weighted by Crippen LogP contribution is 2.27. The van der Waals surface area contributed by atoms with E-state index in [9.17, 15) is 20.2 Å². The SMILES string of the molecule is Cn1c2ccccc2n2c3ccc([N+](=O)[O-])cc3c(=O)c(C#N)c12. The van der Waals surface area contributed by atoms with E-state index in [2.05, 4.69) is 0 Å². The second kappa shape index (κ2) is 4.67. The lowest BCUT2D eigenvalue weighted by Crippen LogP contribution is -2.12. The molecule has 0 atom stereocenters. The predicted octanol–water partition coefficient (Wildman–Crippen LogP) is 2.72. The van der Waals surface area contributed by atoms with Crippen LogP contribution in [0.15, 0.2) is 47.3 Å². The van der Waals surface area contributed by atoms with Crippen molar-refractivity contribution >= 4 is 33.3 Å². The molecule has 24 heavy (non-hydrogen) atoms. The number of aromatic nitrogens is 2. The Morgan fingerprint density at radius 3 is 2.50 bits per heavy atom. The zero-order valence-corrected chi connectivity index (χ0v) is 12.6. The van der Waals surface area contributed by atoms with Crippen LogP contribution in [-0.2, 0) is 7.05 Å². The maximum atomic E-state index is 12.7. The number of aryl methyl sites for hydroxylation is 1. The van der Waals surface area contributed by atoms with E-state index in [4.69, 9.17) is 0 Å². The van der Waals surface area contributed by atoms with Crippen molar-refractivity contribution in [3.63, 3.8) is 0 Å². The first-order valence-electron chi connectivity index (χ1n) is 7.15. The summed E-state index contributed by atoms with van der Waals surface area (Å²) in [6.45, 7) is 0. The lowest BCUT2D eigenvalue weighted by molar-refractivity contribution is -0.384. The number of nitriles is 1. The van der Waals surface area contributed by atoms with Crippen molar-refractivity contribution in [2.75, 3.05) is 0 Å². The first-order valence-corrected chi connectivity index (χ1v) is 7.15. The molecule has 4 rings (SSSR count). The van der Waals surface area contributed by atoms with Gasteiger partial charge in [-0.1, -0.05) is 12.1 Å². The number of hydrogen-bond donors (Lipinski definition) is 0. The molecular formula is C17H10N4O3. The smallest absolute Gasteiger partial charge is 0.270 e. The first kappa shape index (κ1) is 14.0. The molecule has 0 N–H and O–H groups in total. The number of fused-ring (bicyclic) bond motifs is 5. The lowest BCUT2D eigenvalue weighted by Gasteiger charge is -2.06. The number of non-ortho nitro benzene ring substituents is 1. The summed E-state index contributed by atoms with van der Waals surface area (Å²) in [7, 11) is 1.79. The van der Waals surface area contributed by atoms with E-state index >= 15 is 0 Å². The number of benzene rings is 2. The van der Waals surface area contributed by atoms with E-state index < -0.39 is 10.4 Å². The number of nitro groups is 1. The molecule has 0 spiro atoms. The van der Waals surface area contributed by atoms with E-state index in [1.165, 1.54) is 12.1 Å². The van der Waals surface area contributed by atoms with Crippen LogP contribution in [0.25, 0.3) is 27.6 Å². The average Bonchev–Trinajstić information content (AvgIpc) is 2.89. The monoisotopic (exact) mass is 318 g/mol. The molecule has 0 saturated carbocycles. The fourth-order valence-electron chi connectivity index (χ4n) is 3.19. The highest BCUT2D eigenvalue weighted by atomic mass is 16.6. The van der Waals surface area contributed by atoms with Gasteiger partial charge >= 0.3 is 0 Å². The summed E-state index contributed by atoms with van der Waals surface area (Å²) in [6.07, 6.45) is 0. The van der Waals surface area contributed by atoms with Crippen molar-refractivity contribution < 1.29 is 4.92 Å². The zero-order chi connectivity index (χ0) is 17.0. The quantitative estimate of drug-likeness (QED) is 0.398. The molecule has 0 radical (unpaired) electrons. The van der Waals surface area contributed by atoms with Crippen LogP contribution < -0.4 is 5.43 Å². The maximum Gasteiger partial charge on any atom is 0.270 e. The van der Waals surface area contributed by atoms with Crippen LogP contribution in [0.4, 0.5) is 5.69 Å². The maximum absolute atomic E-state index is 12.7. The molecule has 2 heterocycles. The molecule has 0 aliphatic rings. The Morgan fingerprint density at radius 1 is 1.12 bits per heavy atom. The Bertz CT molecular complexity index is 1270. The number of nitrogens with zero attached hydrogens (tertiary/aromatic N) is 4. The average molecular weight is 318 g/mol. The predicted molar refractivity (Wildman–Crippen MR) is 89.0 cm³/mol. The van der Waals surface area contributed by atoms with Crippen LogP contribution in [-0.4, -0.2) is 13.9 Å². The second-order valence-corrected chi connectivity index (χ2v) is 5.48. The zero-order valence-electron chi connectivity index (χ0n) is 12.6. The van der Waals surface area contributed by atoms with Crippen LogP contribution in [0.3, 0.4) is 0 Å². The molecular weight excluding hydrogens is 308 g/mol. The van der Waals surface area contributed by atoms with Gasteiger partial charge in [0.1, 0.15) is 17.3 Å². The van der Waals surface area contributed by atoms with Gasteiger partial charge in [-0.2, -0.15) is 5.26 Å². The molecule has 116 valence electrons. The highest BCUT2D eigenvalue weighted by molar-refractivity contribution is 5.94. The van der Waals surface area contributed by atoms with Gasteiger partial charge in [0.15, 0.2) is 0 Å². The summed E-state index contributed by atoms with van der Waals surface area (Å²) >= 11 is 0. The van der Waals surface area contributed by atoms with Crippen LogP contribution in [0.2, 0.25) is 0 Å². The van der Waals surface area contributed by atoms with Gasteiger partial charge in [0.2, 0.25) is 5.43 Å². The third kappa shape index (κ3) is 1.62. The standard InChI is InChI=1S/C17H10N4O3/c1-19-14-4-2-3-5-15(14)20-13-7-6-10(21(23)24)8-11(13)16(22)12(9-18)17(19)20/h2-8H,1H3. The number of rotatable bonds is 1. The van der Waals surface area contributed by atoms with Crippen LogP contribution >= 0.6 is 0 Å². The van der Waals surface area contributed by atoms with E-state index in [1.807, 2.05) is 30.3 Å². The summed E-state index contributed by atoms with van der Waals surface area (Å²) in [6, 6.07) is 13.6. The Morgan fingerprint density at radius 2 is 1.83 bits per heavy atom. The summed E-state index contributed by atoms with van der Waals surface area (Å²) < 4.78 is 3.59. The van der Waals surface area contributed by atoms with E-state index in [0.717, 1.165) is 11.0 Å². The number of nitro benzene ring substituents is 1. The van der Waals surface area contributed by atoms with E-state index in [0.29, 0.717) is 11.2 Å². The lowest BCUT2D eigenvalue weighted by atomic mass is 10.1. The molecule has 0 unspecified atom stereocenters. The molecule has 0 aliphatic heterocycles. The van der Waals surface area contributed by atoms with Crippen LogP contribution in [0.1, 0.15) is 5.56 Å². The normalized spacial score (nSPS) is 11.2. The van der Waals surface area contributed by atoms with Gasteiger partial charge in [0.25, 0.3) is 5.69 Å². The number of para-hydroxylation sites is 2. The van der Waals surface area contributed by atoms with Crippen molar-refractivity contribution in [3.05, 3.63) is 68.4 Å². The number of imidazole rings is 1. The Kier molecular flexibility index (Phi) is 2.71. The summed E-state index contributed by atoms with van der Waals surface area (Å²) in [5, 5.41) is 20.7. The van der Waals surface area contributed by atoms with Gasteiger partial charge in [0, 0.05) is 19.2 Å². The summed E-state index contributed by atoms with van der Waals surface area (Å²) in [5.41, 5.74) is 2.00.